The lowest BCUT2D eigenvalue weighted by Gasteiger charge is -2.14. The summed E-state index contributed by atoms with van der Waals surface area (Å²) in [4.78, 5) is 22.7. The van der Waals surface area contributed by atoms with E-state index in [9.17, 15) is 23.3 Å². The third-order valence-corrected chi connectivity index (χ3v) is 4.66. The number of rotatable bonds is 5. The van der Waals surface area contributed by atoms with Crippen molar-refractivity contribution in [2.24, 2.45) is 0 Å². The minimum atomic E-state index is -4.48. The topological polar surface area (TPSA) is 132 Å². The van der Waals surface area contributed by atoms with E-state index in [0.717, 1.165) is 6.07 Å². The molecule has 0 aliphatic heterocycles. The molecule has 2 rings (SSSR count). The second-order valence-electron chi connectivity index (χ2n) is 4.79. The third-order valence-electron chi connectivity index (χ3n) is 3.09. The first-order valence-corrected chi connectivity index (χ1v) is 8.90. The van der Waals surface area contributed by atoms with Gasteiger partial charge in [-0.1, -0.05) is 24.3 Å². The first-order chi connectivity index (χ1) is 11.2. The molecule has 3 N–H and O–H groups in total. The molecule has 0 fully saturated rings. The predicted octanol–water partition coefficient (Wildman–Crippen LogP) is 2.43. The van der Waals surface area contributed by atoms with Crippen LogP contribution in [0.1, 0.15) is 10.8 Å². The lowest BCUT2D eigenvalue weighted by molar-refractivity contribution is -0.385. The number of carbonyl (C=O) groups excluding carboxylic acids is 1. The number of para-hydroxylation sites is 1. The highest BCUT2D eigenvalue weighted by Crippen LogP contribution is 2.33. The minimum absolute atomic E-state index is 0.240. The Hall–Kier alpha value is -2.65. The number of nitrogens with one attached hydrogen (secondary N) is 1. The maximum absolute atomic E-state index is 12.4. The Balaban J connectivity index is 2.47. The van der Waals surface area contributed by atoms with Crippen LogP contribution in [0.5, 0.6) is 0 Å². The first-order valence-electron chi connectivity index (χ1n) is 6.53. The number of nitro groups is 1. The highest BCUT2D eigenvalue weighted by molar-refractivity contribution is 8.14. The number of halogens is 1. The number of nitrogens with zero attached hydrogens (tertiary/aromatic N) is 1. The number of nitrogen functional groups attached to an aromatic ring is 1. The fourth-order valence-corrected chi connectivity index (χ4v) is 3.47. The summed E-state index contributed by atoms with van der Waals surface area (Å²) < 4.78 is 23.7. The quantitative estimate of drug-likeness (QED) is 0.360. The Morgan fingerprint density at radius 3 is 2.46 bits per heavy atom. The summed E-state index contributed by atoms with van der Waals surface area (Å²) in [5, 5.41) is 11.5. The SMILES string of the molecule is Nc1cccc(NC(=O)C(c2ccccc2[N+](=O)[O-])S(=O)(=O)Cl)c1. The molecule has 0 spiro atoms. The summed E-state index contributed by atoms with van der Waals surface area (Å²) in [7, 11) is 0.888. The standard InChI is InChI=1S/C14H12ClN3O5S/c15-24(22,23)13(11-6-1-2-7-12(11)18(20)21)14(19)17-10-5-3-4-9(16)8-10/h1-8,13H,16H2,(H,17,19). The van der Waals surface area contributed by atoms with Crippen molar-refractivity contribution >= 4 is 42.7 Å². The van der Waals surface area contributed by atoms with Gasteiger partial charge in [0.15, 0.2) is 5.25 Å². The van der Waals surface area contributed by atoms with Crippen LogP contribution >= 0.6 is 10.7 Å². The number of carbonyl (C=O) groups is 1. The van der Waals surface area contributed by atoms with Gasteiger partial charge in [0, 0.05) is 28.1 Å². The molecule has 0 saturated carbocycles. The molecule has 1 amide bonds. The van der Waals surface area contributed by atoms with Crippen molar-refractivity contribution in [1.82, 2.24) is 0 Å². The molecule has 0 aliphatic carbocycles. The van der Waals surface area contributed by atoms with Gasteiger partial charge in [-0.05, 0) is 18.2 Å². The molecule has 0 aliphatic rings. The predicted molar refractivity (Wildman–Crippen MR) is 90.1 cm³/mol. The summed E-state index contributed by atoms with van der Waals surface area (Å²) in [5.41, 5.74) is 5.34. The average molecular weight is 370 g/mol. The van der Waals surface area contributed by atoms with Crippen LogP contribution in [0.4, 0.5) is 17.1 Å². The molecule has 1 atom stereocenters. The maximum atomic E-state index is 12.4. The van der Waals surface area contributed by atoms with Gasteiger partial charge in [0.25, 0.3) is 5.69 Å². The molecule has 24 heavy (non-hydrogen) atoms. The van der Waals surface area contributed by atoms with Crippen LogP contribution in [0, 0.1) is 10.1 Å². The zero-order valence-corrected chi connectivity index (χ0v) is 13.6. The summed E-state index contributed by atoms with van der Waals surface area (Å²) in [5.74, 6) is -1.02. The number of benzene rings is 2. The monoisotopic (exact) mass is 369 g/mol. The number of nitro benzene ring substituents is 1. The summed E-state index contributed by atoms with van der Waals surface area (Å²) in [6.07, 6.45) is 0. The normalized spacial score (nSPS) is 12.4. The molecule has 1 unspecified atom stereocenters. The van der Waals surface area contributed by atoms with Gasteiger partial charge in [-0.3, -0.25) is 14.9 Å². The minimum Gasteiger partial charge on any atom is -0.399 e. The van der Waals surface area contributed by atoms with E-state index in [1.54, 1.807) is 12.1 Å². The van der Waals surface area contributed by atoms with Crippen molar-refractivity contribution in [2.45, 2.75) is 5.25 Å². The molecule has 10 heteroatoms. The van der Waals surface area contributed by atoms with Crippen LogP contribution in [0.15, 0.2) is 48.5 Å². The molecule has 0 bridgehead atoms. The largest absolute Gasteiger partial charge is 0.399 e. The molecular weight excluding hydrogens is 358 g/mol. The molecule has 0 aromatic heterocycles. The molecule has 0 radical (unpaired) electrons. The molecular formula is C14H12ClN3O5S. The molecule has 0 saturated heterocycles. The van der Waals surface area contributed by atoms with Crippen molar-refractivity contribution in [3.05, 3.63) is 64.2 Å². The van der Waals surface area contributed by atoms with Gasteiger partial charge in [0.05, 0.1) is 10.5 Å². The van der Waals surface area contributed by atoms with Crippen molar-refractivity contribution < 1.29 is 18.1 Å². The molecule has 2 aromatic rings. The van der Waals surface area contributed by atoms with Gasteiger partial charge in [-0.2, -0.15) is 0 Å². The van der Waals surface area contributed by atoms with Gasteiger partial charge in [-0.25, -0.2) is 8.42 Å². The number of nitrogens with two attached hydrogens (primary N) is 1. The molecule has 0 heterocycles. The Kier molecular flexibility index (Phi) is 5.05. The van der Waals surface area contributed by atoms with E-state index in [1.165, 1.54) is 30.3 Å². The summed E-state index contributed by atoms with van der Waals surface area (Å²) >= 11 is 0. The van der Waals surface area contributed by atoms with Gasteiger partial charge in [-0.15, -0.1) is 0 Å². The number of hydrogen-bond acceptors (Lipinski definition) is 6. The number of hydrogen-bond donors (Lipinski definition) is 2. The zero-order chi connectivity index (χ0) is 17.9. The first kappa shape index (κ1) is 17.7. The second kappa shape index (κ2) is 6.85. The van der Waals surface area contributed by atoms with Crippen molar-refractivity contribution in [2.75, 3.05) is 11.1 Å². The highest BCUT2D eigenvalue weighted by atomic mass is 35.7. The molecule has 126 valence electrons. The fourth-order valence-electron chi connectivity index (χ4n) is 2.12. The molecule has 8 nitrogen and oxygen atoms in total. The van der Waals surface area contributed by atoms with E-state index in [-0.39, 0.29) is 11.3 Å². The van der Waals surface area contributed by atoms with Crippen molar-refractivity contribution in [3.63, 3.8) is 0 Å². The van der Waals surface area contributed by atoms with E-state index in [0.29, 0.717) is 5.69 Å². The zero-order valence-electron chi connectivity index (χ0n) is 12.0. The van der Waals surface area contributed by atoms with Gasteiger partial charge in [0.1, 0.15) is 0 Å². The maximum Gasteiger partial charge on any atom is 0.274 e. The van der Waals surface area contributed by atoms with Crippen LogP contribution < -0.4 is 11.1 Å². The third kappa shape index (κ3) is 4.00. The van der Waals surface area contributed by atoms with Crippen LogP contribution in [0.3, 0.4) is 0 Å². The highest BCUT2D eigenvalue weighted by Gasteiger charge is 2.37. The van der Waals surface area contributed by atoms with Crippen molar-refractivity contribution in [1.29, 1.82) is 0 Å². The summed E-state index contributed by atoms with van der Waals surface area (Å²) in [6, 6.07) is 11.0. The van der Waals surface area contributed by atoms with Crippen LogP contribution in [0.2, 0.25) is 0 Å². The van der Waals surface area contributed by atoms with Gasteiger partial charge in [0.2, 0.25) is 15.0 Å². The second-order valence-corrected chi connectivity index (χ2v) is 7.50. The Morgan fingerprint density at radius 1 is 1.21 bits per heavy atom. The van der Waals surface area contributed by atoms with E-state index in [4.69, 9.17) is 16.4 Å². The van der Waals surface area contributed by atoms with E-state index < -0.39 is 30.8 Å². The van der Waals surface area contributed by atoms with E-state index in [1.807, 2.05) is 0 Å². The van der Waals surface area contributed by atoms with Crippen LogP contribution in [0.25, 0.3) is 0 Å². The van der Waals surface area contributed by atoms with Gasteiger partial charge < -0.3 is 11.1 Å². The Bertz CT molecular complexity index is 901. The lowest BCUT2D eigenvalue weighted by atomic mass is 10.1. The van der Waals surface area contributed by atoms with E-state index >= 15 is 0 Å². The molecule has 2 aromatic carbocycles. The summed E-state index contributed by atoms with van der Waals surface area (Å²) in [6.45, 7) is 0. The lowest BCUT2D eigenvalue weighted by Crippen LogP contribution is -2.26. The smallest absolute Gasteiger partial charge is 0.274 e. The van der Waals surface area contributed by atoms with Crippen molar-refractivity contribution in [3.8, 4) is 0 Å². The van der Waals surface area contributed by atoms with Crippen LogP contribution in [-0.4, -0.2) is 19.2 Å². The Morgan fingerprint density at radius 2 is 1.88 bits per heavy atom. The number of amides is 1. The Labute approximate surface area is 141 Å². The van der Waals surface area contributed by atoms with Gasteiger partial charge >= 0.3 is 0 Å². The van der Waals surface area contributed by atoms with E-state index in [2.05, 4.69) is 5.32 Å². The number of anilines is 2. The average Bonchev–Trinajstić information content (AvgIpc) is 2.46. The van der Waals surface area contributed by atoms with Crippen LogP contribution in [-0.2, 0) is 13.8 Å². The fraction of sp³-hybridized carbons (Fsp3) is 0.0714.